The van der Waals surface area contributed by atoms with E-state index in [2.05, 4.69) is 10.1 Å². The van der Waals surface area contributed by atoms with E-state index in [1.807, 2.05) is 12.1 Å². The standard InChI is InChI=1S/C18H19N3O5S/c1-11-19-18-21(20-11)15(10-26-13-7-5-12(24-3)6-8-13)16(27-18)14(9-23-2)17(22)25-4/h5-9H,10H2,1-4H3/b14-9+. The largest absolute Gasteiger partial charge is 0.503 e. The first-order valence-corrected chi connectivity index (χ1v) is 8.82. The number of hydrogen-bond donors (Lipinski definition) is 0. The molecule has 0 spiro atoms. The van der Waals surface area contributed by atoms with Crippen LogP contribution in [0.5, 0.6) is 11.5 Å². The molecule has 27 heavy (non-hydrogen) atoms. The van der Waals surface area contributed by atoms with Gasteiger partial charge in [-0.25, -0.2) is 14.3 Å². The Bertz CT molecular complexity index is 975. The van der Waals surface area contributed by atoms with Crippen molar-refractivity contribution in [3.8, 4) is 11.5 Å². The summed E-state index contributed by atoms with van der Waals surface area (Å²) >= 11 is 1.32. The van der Waals surface area contributed by atoms with Crippen LogP contribution in [0.2, 0.25) is 0 Å². The number of ether oxygens (including phenoxy) is 4. The number of carbonyl (C=O) groups is 1. The van der Waals surface area contributed by atoms with Gasteiger partial charge in [0.25, 0.3) is 0 Å². The van der Waals surface area contributed by atoms with Gasteiger partial charge >= 0.3 is 5.97 Å². The highest BCUT2D eigenvalue weighted by atomic mass is 32.1. The summed E-state index contributed by atoms with van der Waals surface area (Å²) in [4.78, 5) is 17.9. The first-order chi connectivity index (χ1) is 13.1. The van der Waals surface area contributed by atoms with Crippen LogP contribution in [0.25, 0.3) is 10.5 Å². The molecule has 2 heterocycles. The van der Waals surface area contributed by atoms with Crippen LogP contribution in [0.4, 0.5) is 0 Å². The molecule has 3 rings (SSSR count). The van der Waals surface area contributed by atoms with Crippen molar-refractivity contribution in [2.24, 2.45) is 0 Å². The van der Waals surface area contributed by atoms with Crippen LogP contribution in [0.1, 0.15) is 16.4 Å². The number of esters is 1. The number of carbonyl (C=O) groups excluding carboxylic acids is 1. The van der Waals surface area contributed by atoms with Crippen molar-refractivity contribution < 1.29 is 23.7 Å². The smallest absolute Gasteiger partial charge is 0.342 e. The second kappa shape index (κ2) is 8.09. The minimum atomic E-state index is -0.510. The Morgan fingerprint density at radius 1 is 1.19 bits per heavy atom. The van der Waals surface area contributed by atoms with Crippen LogP contribution in [0, 0.1) is 6.92 Å². The minimum Gasteiger partial charge on any atom is -0.503 e. The first kappa shape index (κ1) is 18.7. The Morgan fingerprint density at radius 3 is 2.52 bits per heavy atom. The van der Waals surface area contributed by atoms with Crippen LogP contribution in [0.3, 0.4) is 0 Å². The molecule has 0 aliphatic carbocycles. The van der Waals surface area contributed by atoms with Crippen molar-refractivity contribution in [3.63, 3.8) is 0 Å². The van der Waals surface area contributed by atoms with Gasteiger partial charge in [-0.05, 0) is 31.2 Å². The van der Waals surface area contributed by atoms with E-state index < -0.39 is 5.97 Å². The number of fused-ring (bicyclic) bond motifs is 1. The van der Waals surface area contributed by atoms with E-state index in [-0.39, 0.29) is 12.2 Å². The van der Waals surface area contributed by atoms with Gasteiger partial charge in [0.05, 0.1) is 32.5 Å². The molecular formula is C18H19N3O5S. The normalized spacial score (nSPS) is 11.5. The Kier molecular flexibility index (Phi) is 5.60. The summed E-state index contributed by atoms with van der Waals surface area (Å²) in [5.41, 5.74) is 0.961. The number of nitrogens with zero attached hydrogens (tertiary/aromatic N) is 3. The quantitative estimate of drug-likeness (QED) is 0.349. The lowest BCUT2D eigenvalue weighted by Crippen LogP contribution is -2.08. The lowest BCUT2D eigenvalue weighted by Gasteiger charge is -2.09. The highest BCUT2D eigenvalue weighted by Crippen LogP contribution is 2.31. The molecule has 0 bridgehead atoms. The Morgan fingerprint density at radius 2 is 1.89 bits per heavy atom. The van der Waals surface area contributed by atoms with Gasteiger partial charge in [0.1, 0.15) is 35.2 Å². The fraction of sp³-hybridized carbons (Fsp3) is 0.278. The van der Waals surface area contributed by atoms with E-state index in [1.165, 1.54) is 31.8 Å². The number of benzene rings is 1. The van der Waals surface area contributed by atoms with Crippen molar-refractivity contribution >= 4 is 27.8 Å². The zero-order valence-electron chi connectivity index (χ0n) is 15.4. The summed E-state index contributed by atoms with van der Waals surface area (Å²) in [5, 5.41) is 4.40. The predicted octanol–water partition coefficient (Wildman–Crippen LogP) is 2.85. The maximum atomic E-state index is 12.2. The van der Waals surface area contributed by atoms with Gasteiger partial charge in [0.2, 0.25) is 4.96 Å². The van der Waals surface area contributed by atoms with Gasteiger partial charge in [0.15, 0.2) is 0 Å². The lowest BCUT2D eigenvalue weighted by atomic mass is 10.2. The summed E-state index contributed by atoms with van der Waals surface area (Å²) in [5.74, 6) is 1.52. The monoisotopic (exact) mass is 389 g/mol. The number of aromatic nitrogens is 3. The lowest BCUT2D eigenvalue weighted by molar-refractivity contribution is -0.133. The number of rotatable bonds is 7. The van der Waals surface area contributed by atoms with Crippen molar-refractivity contribution in [1.82, 2.24) is 14.6 Å². The maximum Gasteiger partial charge on any atom is 0.342 e. The highest BCUT2D eigenvalue weighted by molar-refractivity contribution is 7.18. The van der Waals surface area contributed by atoms with E-state index in [1.54, 1.807) is 30.7 Å². The molecule has 0 saturated heterocycles. The van der Waals surface area contributed by atoms with Crippen molar-refractivity contribution in [2.45, 2.75) is 13.5 Å². The SMILES string of the molecule is CO/C=C(/C(=O)OC)c1sc2nc(C)nn2c1COc1ccc(OC)cc1. The molecule has 0 fully saturated rings. The number of aryl methyl sites for hydroxylation is 1. The third kappa shape index (κ3) is 3.87. The van der Waals surface area contributed by atoms with Gasteiger partial charge in [-0.3, -0.25) is 0 Å². The van der Waals surface area contributed by atoms with E-state index in [4.69, 9.17) is 18.9 Å². The number of hydrogen-bond acceptors (Lipinski definition) is 8. The zero-order valence-corrected chi connectivity index (χ0v) is 16.2. The Hall–Kier alpha value is -3.07. The summed E-state index contributed by atoms with van der Waals surface area (Å²) < 4.78 is 22.6. The molecule has 8 nitrogen and oxygen atoms in total. The molecule has 0 aliphatic rings. The van der Waals surface area contributed by atoms with Gasteiger partial charge < -0.3 is 18.9 Å². The first-order valence-electron chi connectivity index (χ1n) is 8.01. The summed E-state index contributed by atoms with van der Waals surface area (Å²) in [6.07, 6.45) is 1.35. The molecule has 1 aromatic carbocycles. The Labute approximate surface area is 160 Å². The molecule has 0 amide bonds. The van der Waals surface area contributed by atoms with E-state index in [0.717, 1.165) is 5.75 Å². The molecule has 0 radical (unpaired) electrons. The maximum absolute atomic E-state index is 12.2. The van der Waals surface area contributed by atoms with Crippen molar-refractivity contribution in [1.29, 1.82) is 0 Å². The minimum absolute atomic E-state index is 0.183. The second-order valence-corrected chi connectivity index (χ2v) is 6.43. The second-order valence-electron chi connectivity index (χ2n) is 5.45. The zero-order chi connectivity index (χ0) is 19.4. The average molecular weight is 389 g/mol. The summed E-state index contributed by atoms with van der Waals surface area (Å²) in [6.45, 7) is 1.99. The van der Waals surface area contributed by atoms with Crippen molar-refractivity contribution in [2.75, 3.05) is 21.3 Å². The number of methoxy groups -OCH3 is 3. The summed E-state index contributed by atoms with van der Waals surface area (Å²) in [7, 11) is 4.39. The third-order valence-electron chi connectivity index (χ3n) is 3.72. The number of thiazole rings is 1. The molecule has 0 N–H and O–H groups in total. The fourth-order valence-corrected chi connectivity index (χ4v) is 3.57. The van der Waals surface area contributed by atoms with Gasteiger partial charge in [-0.15, -0.1) is 0 Å². The van der Waals surface area contributed by atoms with Crippen LogP contribution >= 0.6 is 11.3 Å². The Balaban J connectivity index is 1.98. The topological polar surface area (TPSA) is 84.2 Å². The fourth-order valence-electron chi connectivity index (χ4n) is 2.47. The van der Waals surface area contributed by atoms with Gasteiger partial charge in [-0.1, -0.05) is 11.3 Å². The summed E-state index contributed by atoms with van der Waals surface area (Å²) in [6, 6.07) is 7.23. The molecule has 0 atom stereocenters. The van der Waals surface area contributed by atoms with Crippen LogP contribution in [-0.4, -0.2) is 41.9 Å². The predicted molar refractivity (Wildman–Crippen MR) is 99.9 cm³/mol. The molecule has 0 aliphatic heterocycles. The molecule has 2 aromatic heterocycles. The van der Waals surface area contributed by atoms with Gasteiger partial charge in [0, 0.05) is 0 Å². The van der Waals surface area contributed by atoms with E-state index in [9.17, 15) is 4.79 Å². The molecule has 3 aromatic rings. The van der Waals surface area contributed by atoms with Crippen LogP contribution in [0.15, 0.2) is 30.5 Å². The molecule has 9 heteroatoms. The van der Waals surface area contributed by atoms with Crippen molar-refractivity contribution in [3.05, 3.63) is 46.9 Å². The third-order valence-corrected chi connectivity index (χ3v) is 4.82. The van der Waals surface area contributed by atoms with E-state index >= 15 is 0 Å². The molecule has 142 valence electrons. The van der Waals surface area contributed by atoms with E-state index in [0.29, 0.717) is 27.1 Å². The van der Waals surface area contributed by atoms with Crippen LogP contribution in [-0.2, 0) is 20.9 Å². The van der Waals surface area contributed by atoms with Gasteiger partial charge in [-0.2, -0.15) is 5.10 Å². The average Bonchev–Trinajstić information content (AvgIpc) is 3.20. The molecule has 0 unspecified atom stereocenters. The van der Waals surface area contributed by atoms with Crippen LogP contribution < -0.4 is 9.47 Å². The molecule has 0 saturated carbocycles. The highest BCUT2D eigenvalue weighted by Gasteiger charge is 2.24. The molecular weight excluding hydrogens is 370 g/mol.